The van der Waals surface area contributed by atoms with Gasteiger partial charge in [-0.15, -0.1) is 10.2 Å². The predicted molar refractivity (Wildman–Crippen MR) is 113 cm³/mol. The maximum absolute atomic E-state index is 12.3. The van der Waals surface area contributed by atoms with E-state index in [1.807, 2.05) is 0 Å². The molecule has 0 saturated carbocycles. The summed E-state index contributed by atoms with van der Waals surface area (Å²) in [5, 5.41) is 13.6. The van der Waals surface area contributed by atoms with Crippen molar-refractivity contribution < 1.29 is 14.3 Å². The van der Waals surface area contributed by atoms with Crippen molar-refractivity contribution in [3.05, 3.63) is 34.3 Å². The van der Waals surface area contributed by atoms with Crippen molar-refractivity contribution in [2.24, 2.45) is 5.92 Å². The largest absolute Gasteiger partial charge is 0.497 e. The van der Waals surface area contributed by atoms with Crippen LogP contribution in [0.2, 0.25) is 0 Å². The Bertz CT molecular complexity index is 824. The van der Waals surface area contributed by atoms with Gasteiger partial charge in [0.05, 0.1) is 7.11 Å². The molecule has 1 aromatic carbocycles. The summed E-state index contributed by atoms with van der Waals surface area (Å²) in [7, 11) is 1.58. The molecule has 1 atom stereocenters. The molecule has 29 heavy (non-hydrogen) atoms. The number of likely N-dealkylation sites (tertiary alicyclic amines) is 1. The van der Waals surface area contributed by atoms with Crippen LogP contribution in [-0.4, -0.2) is 60.2 Å². The predicted octanol–water partition coefficient (Wildman–Crippen LogP) is 2.65. The summed E-state index contributed by atoms with van der Waals surface area (Å²) in [5.41, 5.74) is 0.615. The third kappa shape index (κ3) is 6.23. The van der Waals surface area contributed by atoms with Gasteiger partial charge in [-0.2, -0.15) is 0 Å². The number of nitrogens with one attached hydrogen (secondary N) is 2. The first-order valence-electron chi connectivity index (χ1n) is 9.84. The lowest BCUT2D eigenvalue weighted by Gasteiger charge is -2.30. The minimum absolute atomic E-state index is 0.147. The molecule has 8 nitrogen and oxygen atoms in total. The summed E-state index contributed by atoms with van der Waals surface area (Å²) in [6, 6.07) is 6.96. The topological polar surface area (TPSA) is 96.5 Å². The zero-order chi connectivity index (χ0) is 20.6. The maximum atomic E-state index is 12.3. The van der Waals surface area contributed by atoms with E-state index in [0.717, 1.165) is 43.3 Å². The Kier molecular flexibility index (Phi) is 7.54. The Hall–Kier alpha value is -2.52. The SMILES string of the molecule is COc1ccc(NC(=O)c2nnc(C(=O)NCCCN3CCCC(C)C3)s2)cc1. The number of piperidine rings is 1. The molecule has 2 amide bonds. The second-order valence-corrected chi connectivity index (χ2v) is 8.23. The molecule has 0 radical (unpaired) electrons. The first-order chi connectivity index (χ1) is 14.0. The monoisotopic (exact) mass is 417 g/mol. The molecule has 2 heterocycles. The fourth-order valence-electron chi connectivity index (χ4n) is 3.34. The third-order valence-corrected chi connectivity index (χ3v) is 5.76. The Labute approximate surface area is 174 Å². The van der Waals surface area contributed by atoms with E-state index in [2.05, 4.69) is 32.7 Å². The number of amides is 2. The third-order valence-electron chi connectivity index (χ3n) is 4.84. The molecule has 1 aliphatic heterocycles. The standard InChI is InChI=1S/C20H27N5O3S/c1-14-5-3-11-25(13-14)12-4-10-21-17(26)19-23-24-20(29-19)18(27)22-15-6-8-16(28-2)9-7-15/h6-9,14H,3-5,10-13H2,1-2H3,(H,21,26)(H,22,27). The van der Waals surface area contributed by atoms with Crippen LogP contribution in [0.25, 0.3) is 0 Å². The van der Waals surface area contributed by atoms with Crippen LogP contribution in [0.4, 0.5) is 5.69 Å². The Morgan fingerprint density at radius 2 is 1.93 bits per heavy atom. The summed E-state index contributed by atoms with van der Waals surface area (Å²) in [6.07, 6.45) is 3.44. The molecule has 1 saturated heterocycles. The van der Waals surface area contributed by atoms with E-state index in [0.29, 0.717) is 18.0 Å². The van der Waals surface area contributed by atoms with Crippen LogP contribution in [0.3, 0.4) is 0 Å². The van der Waals surface area contributed by atoms with E-state index in [9.17, 15) is 9.59 Å². The number of rotatable bonds is 8. The fraction of sp³-hybridized carbons (Fsp3) is 0.500. The average molecular weight is 418 g/mol. The highest BCUT2D eigenvalue weighted by Crippen LogP contribution is 2.17. The number of ether oxygens (including phenoxy) is 1. The lowest BCUT2D eigenvalue weighted by atomic mass is 10.0. The highest BCUT2D eigenvalue weighted by Gasteiger charge is 2.18. The van der Waals surface area contributed by atoms with Gasteiger partial charge in [0.2, 0.25) is 10.0 Å². The van der Waals surface area contributed by atoms with Gasteiger partial charge in [-0.25, -0.2) is 0 Å². The molecule has 0 spiro atoms. The van der Waals surface area contributed by atoms with E-state index < -0.39 is 5.91 Å². The summed E-state index contributed by atoms with van der Waals surface area (Å²) in [6.45, 7) is 6.12. The lowest BCUT2D eigenvalue weighted by molar-refractivity contribution is 0.0947. The molecule has 1 aromatic heterocycles. The van der Waals surface area contributed by atoms with Crippen LogP contribution in [0.1, 0.15) is 45.8 Å². The van der Waals surface area contributed by atoms with Crippen LogP contribution >= 0.6 is 11.3 Å². The molecule has 2 N–H and O–H groups in total. The highest BCUT2D eigenvalue weighted by atomic mass is 32.1. The minimum atomic E-state index is -0.397. The Morgan fingerprint density at radius 3 is 2.62 bits per heavy atom. The van der Waals surface area contributed by atoms with E-state index in [1.165, 1.54) is 12.8 Å². The second-order valence-electron chi connectivity index (χ2n) is 7.25. The van der Waals surface area contributed by atoms with Gasteiger partial charge in [-0.05, 0) is 62.5 Å². The van der Waals surface area contributed by atoms with Gasteiger partial charge >= 0.3 is 0 Å². The quantitative estimate of drug-likeness (QED) is 0.641. The molecule has 0 bridgehead atoms. The first kappa shape index (κ1) is 21.2. The lowest BCUT2D eigenvalue weighted by Crippen LogP contribution is -2.36. The van der Waals surface area contributed by atoms with E-state index >= 15 is 0 Å². The first-order valence-corrected chi connectivity index (χ1v) is 10.7. The smallest absolute Gasteiger partial charge is 0.286 e. The number of carbonyl (C=O) groups is 2. The van der Waals surface area contributed by atoms with Gasteiger partial charge in [0.25, 0.3) is 11.8 Å². The van der Waals surface area contributed by atoms with Gasteiger partial charge in [0.15, 0.2) is 0 Å². The van der Waals surface area contributed by atoms with Crippen LogP contribution in [0.15, 0.2) is 24.3 Å². The van der Waals surface area contributed by atoms with Gasteiger partial charge in [0.1, 0.15) is 5.75 Å². The Balaban J connectivity index is 1.43. The van der Waals surface area contributed by atoms with Gasteiger partial charge in [-0.1, -0.05) is 18.3 Å². The molecule has 1 aliphatic rings. The fourth-order valence-corrected chi connectivity index (χ4v) is 3.99. The highest BCUT2D eigenvalue weighted by molar-refractivity contribution is 7.15. The normalized spacial score (nSPS) is 17.0. The molecule has 156 valence electrons. The second kappa shape index (κ2) is 10.3. The molecular weight excluding hydrogens is 390 g/mol. The average Bonchev–Trinajstić information content (AvgIpc) is 3.22. The zero-order valence-electron chi connectivity index (χ0n) is 16.8. The summed E-state index contributed by atoms with van der Waals surface area (Å²) in [5.74, 6) is 0.763. The number of carbonyl (C=O) groups excluding carboxylic acids is 2. The van der Waals surface area contributed by atoms with Gasteiger partial charge < -0.3 is 20.3 Å². The van der Waals surface area contributed by atoms with E-state index in [-0.39, 0.29) is 15.9 Å². The minimum Gasteiger partial charge on any atom is -0.497 e. The van der Waals surface area contributed by atoms with E-state index in [1.54, 1.807) is 31.4 Å². The van der Waals surface area contributed by atoms with Crippen molar-refractivity contribution in [1.29, 1.82) is 0 Å². The van der Waals surface area contributed by atoms with Crippen molar-refractivity contribution >= 4 is 28.8 Å². The molecule has 3 rings (SSSR count). The summed E-state index contributed by atoms with van der Waals surface area (Å²) in [4.78, 5) is 27.0. The number of nitrogens with zero attached hydrogens (tertiary/aromatic N) is 3. The van der Waals surface area contributed by atoms with Crippen LogP contribution < -0.4 is 15.4 Å². The molecule has 1 fully saturated rings. The van der Waals surface area contributed by atoms with Crippen LogP contribution in [0.5, 0.6) is 5.75 Å². The van der Waals surface area contributed by atoms with Crippen LogP contribution in [0, 0.1) is 5.92 Å². The van der Waals surface area contributed by atoms with Crippen molar-refractivity contribution in [3.63, 3.8) is 0 Å². The Morgan fingerprint density at radius 1 is 1.21 bits per heavy atom. The van der Waals surface area contributed by atoms with Crippen molar-refractivity contribution in [1.82, 2.24) is 20.4 Å². The number of aromatic nitrogens is 2. The molecular formula is C20H27N5O3S. The van der Waals surface area contributed by atoms with Crippen LogP contribution in [-0.2, 0) is 0 Å². The van der Waals surface area contributed by atoms with Crippen molar-refractivity contribution in [2.45, 2.75) is 26.2 Å². The summed E-state index contributed by atoms with van der Waals surface area (Å²) < 4.78 is 5.09. The number of hydrogen-bond acceptors (Lipinski definition) is 7. The van der Waals surface area contributed by atoms with Gasteiger partial charge in [0, 0.05) is 18.8 Å². The van der Waals surface area contributed by atoms with Crippen molar-refractivity contribution in [2.75, 3.05) is 38.6 Å². The molecule has 9 heteroatoms. The number of anilines is 1. The number of benzene rings is 1. The maximum Gasteiger partial charge on any atom is 0.286 e. The number of hydrogen-bond donors (Lipinski definition) is 2. The zero-order valence-corrected chi connectivity index (χ0v) is 17.6. The molecule has 1 unspecified atom stereocenters. The van der Waals surface area contributed by atoms with E-state index in [4.69, 9.17) is 4.74 Å². The molecule has 2 aromatic rings. The number of methoxy groups -OCH3 is 1. The molecule has 0 aliphatic carbocycles. The summed E-state index contributed by atoms with van der Waals surface area (Å²) >= 11 is 0.981. The van der Waals surface area contributed by atoms with Crippen molar-refractivity contribution in [3.8, 4) is 5.75 Å². The van der Waals surface area contributed by atoms with Gasteiger partial charge in [-0.3, -0.25) is 9.59 Å².